The molecule has 1 aromatic heterocycles. The van der Waals surface area contributed by atoms with Crippen molar-refractivity contribution in [2.24, 2.45) is 0 Å². The molecule has 1 N–H and O–H groups in total. The van der Waals surface area contributed by atoms with Gasteiger partial charge in [0.05, 0.1) is 17.8 Å². The second-order valence-electron chi connectivity index (χ2n) is 2.64. The van der Waals surface area contributed by atoms with Crippen LogP contribution in [0.2, 0.25) is 0 Å². The van der Waals surface area contributed by atoms with E-state index in [-0.39, 0.29) is 12.5 Å². The summed E-state index contributed by atoms with van der Waals surface area (Å²) >= 11 is 5.59. The van der Waals surface area contributed by atoms with Gasteiger partial charge in [-0.25, -0.2) is 0 Å². The van der Waals surface area contributed by atoms with Crippen molar-refractivity contribution >= 4 is 23.2 Å². The Morgan fingerprint density at radius 2 is 2.54 bits per heavy atom. The molecule has 2 heterocycles. The fourth-order valence-corrected chi connectivity index (χ4v) is 1.24. The lowest BCUT2D eigenvalue weighted by molar-refractivity contribution is -0.118. The van der Waals surface area contributed by atoms with Gasteiger partial charge in [-0.3, -0.25) is 9.78 Å². The van der Waals surface area contributed by atoms with Crippen LogP contribution in [0.5, 0.6) is 5.75 Å². The van der Waals surface area contributed by atoms with Crippen molar-refractivity contribution in [1.29, 1.82) is 0 Å². The number of fused-ring (bicyclic) bond motifs is 1. The average Bonchev–Trinajstić information content (AvgIpc) is 2.17. The number of hydrogen-bond acceptors (Lipinski definition) is 3. The van der Waals surface area contributed by atoms with Crippen molar-refractivity contribution < 1.29 is 9.53 Å². The second-order valence-corrected chi connectivity index (χ2v) is 2.91. The third-order valence-electron chi connectivity index (χ3n) is 1.69. The molecule has 2 rings (SSSR count). The number of aromatic nitrogens is 1. The lowest BCUT2D eigenvalue weighted by atomic mass is 10.3. The molecule has 1 aliphatic rings. The zero-order valence-corrected chi connectivity index (χ0v) is 7.47. The van der Waals surface area contributed by atoms with E-state index in [0.717, 1.165) is 5.69 Å². The Bertz CT molecular complexity index is 354. The molecule has 0 saturated heterocycles. The van der Waals surface area contributed by atoms with Crippen LogP contribution in [0.15, 0.2) is 12.3 Å². The Balaban J connectivity index is 2.36. The van der Waals surface area contributed by atoms with Crippen LogP contribution in [0.25, 0.3) is 0 Å². The Kier molecular flexibility index (Phi) is 2.06. The molecule has 0 spiro atoms. The summed E-state index contributed by atoms with van der Waals surface area (Å²) in [6.07, 6.45) is 1.55. The van der Waals surface area contributed by atoms with Crippen LogP contribution >= 0.6 is 11.6 Å². The number of ether oxygens (including phenoxy) is 1. The minimum Gasteiger partial charge on any atom is -0.481 e. The number of nitrogens with one attached hydrogen (secondary N) is 1. The molecule has 0 fully saturated rings. The highest BCUT2D eigenvalue weighted by Crippen LogP contribution is 2.27. The number of carbonyl (C=O) groups excluding carboxylic acids is 1. The van der Waals surface area contributed by atoms with Gasteiger partial charge in [-0.05, 0) is 0 Å². The molecule has 0 unspecified atom stereocenters. The molecule has 0 saturated carbocycles. The number of amides is 1. The number of hydrogen-bond donors (Lipinski definition) is 1. The monoisotopic (exact) mass is 198 g/mol. The van der Waals surface area contributed by atoms with Crippen molar-refractivity contribution in [3.05, 3.63) is 18.0 Å². The first-order valence-electron chi connectivity index (χ1n) is 3.77. The quantitative estimate of drug-likeness (QED) is 0.689. The van der Waals surface area contributed by atoms with Crippen LogP contribution in [0.4, 0.5) is 5.69 Å². The van der Waals surface area contributed by atoms with E-state index in [2.05, 4.69) is 10.3 Å². The molecule has 0 radical (unpaired) electrons. The predicted octanol–water partition coefficient (Wildman–Crippen LogP) is 1.15. The van der Waals surface area contributed by atoms with Crippen molar-refractivity contribution in [2.75, 3.05) is 11.9 Å². The summed E-state index contributed by atoms with van der Waals surface area (Å²) in [6.45, 7) is 0.0543. The molecule has 1 aliphatic heterocycles. The van der Waals surface area contributed by atoms with Gasteiger partial charge in [0.15, 0.2) is 6.61 Å². The fourth-order valence-electron chi connectivity index (χ4n) is 1.09. The number of anilines is 1. The van der Waals surface area contributed by atoms with Crippen LogP contribution in [-0.2, 0) is 10.7 Å². The first-order valence-corrected chi connectivity index (χ1v) is 4.30. The van der Waals surface area contributed by atoms with Gasteiger partial charge < -0.3 is 10.1 Å². The maximum atomic E-state index is 10.9. The number of nitrogens with zero attached hydrogens (tertiary/aromatic N) is 1. The van der Waals surface area contributed by atoms with Gasteiger partial charge in [0.2, 0.25) is 0 Å². The van der Waals surface area contributed by atoms with Gasteiger partial charge in [0.1, 0.15) is 11.4 Å². The Labute approximate surface area is 79.9 Å². The van der Waals surface area contributed by atoms with Gasteiger partial charge in [-0.15, -0.1) is 11.6 Å². The molecule has 0 aromatic carbocycles. The third kappa shape index (κ3) is 1.58. The van der Waals surface area contributed by atoms with E-state index < -0.39 is 0 Å². The number of carbonyl (C=O) groups is 1. The Morgan fingerprint density at radius 3 is 3.31 bits per heavy atom. The highest BCUT2D eigenvalue weighted by Gasteiger charge is 2.16. The molecule has 5 heteroatoms. The average molecular weight is 199 g/mol. The number of pyridine rings is 1. The lowest BCUT2D eigenvalue weighted by Gasteiger charge is -2.17. The minimum absolute atomic E-state index is 0.0543. The molecular weight excluding hydrogens is 192 g/mol. The first-order chi connectivity index (χ1) is 6.29. The Morgan fingerprint density at radius 1 is 1.69 bits per heavy atom. The van der Waals surface area contributed by atoms with E-state index in [0.29, 0.717) is 17.3 Å². The first kappa shape index (κ1) is 8.31. The van der Waals surface area contributed by atoms with Gasteiger partial charge in [-0.2, -0.15) is 0 Å². The van der Waals surface area contributed by atoms with Gasteiger partial charge >= 0.3 is 0 Å². The topological polar surface area (TPSA) is 51.2 Å². The largest absolute Gasteiger partial charge is 0.481 e. The summed E-state index contributed by atoms with van der Waals surface area (Å²) in [5, 5.41) is 2.64. The summed E-state index contributed by atoms with van der Waals surface area (Å²) in [6, 6.07) is 1.72. The van der Waals surface area contributed by atoms with Crippen molar-refractivity contribution in [2.45, 2.75) is 5.88 Å². The van der Waals surface area contributed by atoms with Gasteiger partial charge in [0, 0.05) is 6.07 Å². The van der Waals surface area contributed by atoms with Crippen LogP contribution in [0.1, 0.15) is 5.69 Å². The molecule has 68 valence electrons. The van der Waals surface area contributed by atoms with E-state index in [9.17, 15) is 4.79 Å². The van der Waals surface area contributed by atoms with Crippen molar-refractivity contribution in [3.8, 4) is 5.75 Å². The summed E-state index contributed by atoms with van der Waals surface area (Å²) in [7, 11) is 0. The van der Waals surface area contributed by atoms with E-state index >= 15 is 0 Å². The zero-order valence-electron chi connectivity index (χ0n) is 6.71. The second kappa shape index (κ2) is 3.22. The summed E-state index contributed by atoms with van der Waals surface area (Å²) in [4.78, 5) is 14.9. The van der Waals surface area contributed by atoms with Gasteiger partial charge in [-0.1, -0.05) is 0 Å². The highest BCUT2D eigenvalue weighted by molar-refractivity contribution is 6.16. The third-order valence-corrected chi connectivity index (χ3v) is 1.97. The number of rotatable bonds is 1. The summed E-state index contributed by atoms with van der Waals surface area (Å²) in [5.41, 5.74) is 1.33. The highest BCUT2D eigenvalue weighted by atomic mass is 35.5. The maximum Gasteiger partial charge on any atom is 0.262 e. The van der Waals surface area contributed by atoms with E-state index in [4.69, 9.17) is 16.3 Å². The van der Waals surface area contributed by atoms with Crippen LogP contribution in [-0.4, -0.2) is 17.5 Å². The minimum atomic E-state index is -0.159. The SMILES string of the molecule is O=C1COc2cc(CCl)ncc2N1. The Hall–Kier alpha value is -1.29. The predicted molar refractivity (Wildman–Crippen MR) is 47.9 cm³/mol. The zero-order chi connectivity index (χ0) is 9.26. The van der Waals surface area contributed by atoms with Crippen LogP contribution in [0.3, 0.4) is 0 Å². The van der Waals surface area contributed by atoms with E-state index in [1.54, 1.807) is 12.3 Å². The molecule has 0 atom stereocenters. The standard InChI is InChI=1S/C8H7ClN2O2/c9-2-5-1-7-6(3-10-5)11-8(12)4-13-7/h1,3H,2,4H2,(H,11,12). The van der Waals surface area contributed by atoms with Crippen molar-refractivity contribution in [3.63, 3.8) is 0 Å². The summed E-state index contributed by atoms with van der Waals surface area (Å²) in [5.74, 6) is 0.808. The molecule has 4 nitrogen and oxygen atoms in total. The molecule has 0 bridgehead atoms. The maximum absolute atomic E-state index is 10.9. The van der Waals surface area contributed by atoms with Crippen molar-refractivity contribution in [1.82, 2.24) is 4.98 Å². The van der Waals surface area contributed by atoms with Crippen LogP contribution in [0, 0.1) is 0 Å². The molecular formula is C8H7ClN2O2. The van der Waals surface area contributed by atoms with Gasteiger partial charge in [0.25, 0.3) is 5.91 Å². The molecule has 1 amide bonds. The normalized spacial score (nSPS) is 14.4. The molecule has 1 aromatic rings. The fraction of sp³-hybridized carbons (Fsp3) is 0.250. The molecule has 0 aliphatic carbocycles. The van der Waals surface area contributed by atoms with Crippen LogP contribution < -0.4 is 10.1 Å². The van der Waals surface area contributed by atoms with E-state index in [1.807, 2.05) is 0 Å². The summed E-state index contributed by atoms with van der Waals surface area (Å²) < 4.78 is 5.17. The molecule has 13 heavy (non-hydrogen) atoms. The lowest BCUT2D eigenvalue weighted by Crippen LogP contribution is -2.25. The number of alkyl halides is 1. The van der Waals surface area contributed by atoms with E-state index in [1.165, 1.54) is 0 Å². The number of halogens is 1. The smallest absolute Gasteiger partial charge is 0.262 e.